The zero-order valence-corrected chi connectivity index (χ0v) is 15.8. The monoisotopic (exact) mass is 374 g/mol. The van der Waals surface area contributed by atoms with Crippen LogP contribution in [-0.4, -0.2) is 16.8 Å². The number of hydrogen-bond acceptors (Lipinski definition) is 4. The topological polar surface area (TPSA) is 83.1 Å². The van der Waals surface area contributed by atoms with Gasteiger partial charge < -0.3 is 16.0 Å². The molecule has 0 aliphatic carbocycles. The average molecular weight is 374 g/mol. The summed E-state index contributed by atoms with van der Waals surface area (Å²) in [6.07, 6.45) is 1.59. The maximum atomic E-state index is 12.6. The minimum absolute atomic E-state index is 0.0976. The number of anilines is 3. The molecule has 0 aliphatic rings. The van der Waals surface area contributed by atoms with Crippen molar-refractivity contribution in [3.8, 4) is 0 Å². The molecule has 0 saturated carbocycles. The molecule has 1 atom stereocenters. The summed E-state index contributed by atoms with van der Waals surface area (Å²) < 4.78 is 0. The van der Waals surface area contributed by atoms with Crippen LogP contribution in [0.3, 0.4) is 0 Å². The molecule has 3 rings (SSSR count). The van der Waals surface area contributed by atoms with Crippen LogP contribution in [0.1, 0.15) is 35.8 Å². The Morgan fingerprint density at radius 1 is 0.929 bits per heavy atom. The SMILES string of the molecule is CC(=O)Nc1ccc(Nc2cc(C(=O)NC(C)c3ccccc3)ccn2)cc1. The Kier molecular flexibility index (Phi) is 6.01. The molecule has 0 radical (unpaired) electrons. The van der Waals surface area contributed by atoms with Gasteiger partial charge in [-0.15, -0.1) is 0 Å². The average Bonchev–Trinajstić information content (AvgIpc) is 2.70. The van der Waals surface area contributed by atoms with Crippen molar-refractivity contribution >= 4 is 29.0 Å². The molecule has 6 nitrogen and oxygen atoms in total. The first-order valence-corrected chi connectivity index (χ1v) is 8.98. The number of amides is 2. The van der Waals surface area contributed by atoms with Crippen molar-refractivity contribution in [3.63, 3.8) is 0 Å². The van der Waals surface area contributed by atoms with Crippen molar-refractivity contribution in [1.82, 2.24) is 10.3 Å². The van der Waals surface area contributed by atoms with E-state index in [2.05, 4.69) is 20.9 Å². The van der Waals surface area contributed by atoms with E-state index < -0.39 is 0 Å². The first kappa shape index (κ1) is 19.1. The van der Waals surface area contributed by atoms with E-state index in [0.29, 0.717) is 17.1 Å². The highest BCUT2D eigenvalue weighted by Gasteiger charge is 2.12. The second-order valence-corrected chi connectivity index (χ2v) is 6.42. The molecule has 0 fully saturated rings. The van der Waals surface area contributed by atoms with Gasteiger partial charge in [0.1, 0.15) is 5.82 Å². The summed E-state index contributed by atoms with van der Waals surface area (Å²) >= 11 is 0. The lowest BCUT2D eigenvalue weighted by molar-refractivity contribution is -0.114. The van der Waals surface area contributed by atoms with E-state index in [1.165, 1.54) is 6.92 Å². The van der Waals surface area contributed by atoms with Crippen LogP contribution in [-0.2, 0) is 4.79 Å². The molecule has 2 amide bonds. The minimum atomic E-state index is -0.164. The molecule has 2 aromatic carbocycles. The Bertz CT molecular complexity index is 956. The molecule has 0 aliphatic heterocycles. The van der Waals surface area contributed by atoms with Crippen molar-refractivity contribution in [1.29, 1.82) is 0 Å². The van der Waals surface area contributed by atoms with E-state index in [0.717, 1.165) is 11.3 Å². The molecule has 1 heterocycles. The summed E-state index contributed by atoms with van der Waals surface area (Å²) in [4.78, 5) is 27.9. The van der Waals surface area contributed by atoms with Gasteiger partial charge in [0.05, 0.1) is 6.04 Å². The first-order valence-electron chi connectivity index (χ1n) is 8.98. The van der Waals surface area contributed by atoms with Crippen molar-refractivity contribution < 1.29 is 9.59 Å². The molecule has 28 heavy (non-hydrogen) atoms. The van der Waals surface area contributed by atoms with Gasteiger partial charge in [0, 0.05) is 30.1 Å². The Balaban J connectivity index is 1.66. The lowest BCUT2D eigenvalue weighted by Gasteiger charge is -2.15. The number of nitrogens with zero attached hydrogens (tertiary/aromatic N) is 1. The number of carbonyl (C=O) groups is 2. The molecule has 0 bridgehead atoms. The third kappa shape index (κ3) is 5.17. The van der Waals surface area contributed by atoms with Crippen molar-refractivity contribution in [2.45, 2.75) is 19.9 Å². The van der Waals surface area contributed by atoms with Crippen LogP contribution in [0.15, 0.2) is 72.9 Å². The van der Waals surface area contributed by atoms with Gasteiger partial charge in [0.2, 0.25) is 5.91 Å². The van der Waals surface area contributed by atoms with Gasteiger partial charge in [-0.25, -0.2) is 4.98 Å². The first-order chi connectivity index (χ1) is 13.5. The molecule has 1 unspecified atom stereocenters. The van der Waals surface area contributed by atoms with Gasteiger partial charge in [0.15, 0.2) is 0 Å². The van der Waals surface area contributed by atoms with Gasteiger partial charge >= 0.3 is 0 Å². The number of pyridine rings is 1. The summed E-state index contributed by atoms with van der Waals surface area (Å²) in [5.74, 6) is 0.279. The van der Waals surface area contributed by atoms with Crippen LogP contribution in [0.2, 0.25) is 0 Å². The van der Waals surface area contributed by atoms with E-state index in [1.54, 1.807) is 30.5 Å². The number of hydrogen-bond donors (Lipinski definition) is 3. The number of nitrogens with one attached hydrogen (secondary N) is 3. The largest absolute Gasteiger partial charge is 0.346 e. The smallest absolute Gasteiger partial charge is 0.251 e. The fraction of sp³-hybridized carbons (Fsp3) is 0.136. The standard InChI is InChI=1S/C22H22N4O2/c1-15(17-6-4-3-5-7-17)24-22(28)18-12-13-23-21(14-18)26-20-10-8-19(9-11-20)25-16(2)27/h3-15H,1-2H3,(H,23,26)(H,24,28)(H,25,27). The fourth-order valence-corrected chi connectivity index (χ4v) is 2.73. The molecule has 1 aromatic heterocycles. The maximum Gasteiger partial charge on any atom is 0.251 e. The number of benzene rings is 2. The molecular formula is C22H22N4O2. The highest BCUT2D eigenvalue weighted by Crippen LogP contribution is 2.19. The summed E-state index contributed by atoms with van der Waals surface area (Å²) in [7, 11) is 0. The Morgan fingerprint density at radius 3 is 2.29 bits per heavy atom. The third-order valence-electron chi connectivity index (χ3n) is 4.15. The van der Waals surface area contributed by atoms with Crippen LogP contribution in [0.4, 0.5) is 17.2 Å². The molecule has 0 saturated heterocycles. The summed E-state index contributed by atoms with van der Waals surface area (Å²) in [5.41, 5.74) is 3.09. The molecule has 0 spiro atoms. The summed E-state index contributed by atoms with van der Waals surface area (Å²) in [6, 6.07) is 20.3. The zero-order valence-electron chi connectivity index (χ0n) is 15.8. The number of carbonyl (C=O) groups excluding carboxylic acids is 2. The van der Waals surface area contributed by atoms with Crippen LogP contribution in [0, 0.1) is 0 Å². The highest BCUT2D eigenvalue weighted by molar-refractivity contribution is 5.95. The lowest BCUT2D eigenvalue weighted by Crippen LogP contribution is -2.26. The van der Waals surface area contributed by atoms with Gasteiger partial charge in [-0.3, -0.25) is 9.59 Å². The highest BCUT2D eigenvalue weighted by atomic mass is 16.2. The van der Waals surface area contributed by atoms with E-state index in [-0.39, 0.29) is 17.9 Å². The summed E-state index contributed by atoms with van der Waals surface area (Å²) in [6.45, 7) is 3.41. The normalized spacial score (nSPS) is 11.4. The summed E-state index contributed by atoms with van der Waals surface area (Å²) in [5, 5.41) is 8.87. The minimum Gasteiger partial charge on any atom is -0.346 e. The van der Waals surface area contributed by atoms with Crippen LogP contribution in [0.25, 0.3) is 0 Å². The second-order valence-electron chi connectivity index (χ2n) is 6.42. The van der Waals surface area contributed by atoms with Crippen LogP contribution in [0.5, 0.6) is 0 Å². The predicted molar refractivity (Wildman–Crippen MR) is 111 cm³/mol. The van der Waals surface area contributed by atoms with E-state index in [9.17, 15) is 9.59 Å². The van der Waals surface area contributed by atoms with Gasteiger partial charge in [-0.2, -0.15) is 0 Å². The zero-order chi connectivity index (χ0) is 19.9. The van der Waals surface area contributed by atoms with E-state index in [4.69, 9.17) is 0 Å². The molecule has 142 valence electrons. The molecule has 3 N–H and O–H groups in total. The van der Waals surface area contributed by atoms with Crippen molar-refractivity contribution in [2.24, 2.45) is 0 Å². The number of aromatic nitrogens is 1. The predicted octanol–water partition coefficient (Wildman–Crippen LogP) is 4.27. The van der Waals surface area contributed by atoms with Gasteiger partial charge in [-0.1, -0.05) is 30.3 Å². The molecule has 3 aromatic rings. The lowest BCUT2D eigenvalue weighted by atomic mass is 10.1. The Morgan fingerprint density at radius 2 is 1.61 bits per heavy atom. The maximum absolute atomic E-state index is 12.6. The van der Waals surface area contributed by atoms with Gasteiger partial charge in [-0.05, 0) is 48.9 Å². The quantitative estimate of drug-likeness (QED) is 0.601. The second kappa shape index (κ2) is 8.81. The van der Waals surface area contributed by atoms with E-state index in [1.807, 2.05) is 49.4 Å². The van der Waals surface area contributed by atoms with Gasteiger partial charge in [0.25, 0.3) is 5.91 Å². The van der Waals surface area contributed by atoms with Crippen molar-refractivity contribution in [3.05, 3.63) is 84.1 Å². The van der Waals surface area contributed by atoms with E-state index >= 15 is 0 Å². The van der Waals surface area contributed by atoms with Crippen LogP contribution < -0.4 is 16.0 Å². The Labute approximate surface area is 164 Å². The van der Waals surface area contributed by atoms with Crippen LogP contribution >= 0.6 is 0 Å². The number of rotatable bonds is 6. The molecular weight excluding hydrogens is 352 g/mol. The fourth-order valence-electron chi connectivity index (χ4n) is 2.73. The van der Waals surface area contributed by atoms with Crippen molar-refractivity contribution in [2.75, 3.05) is 10.6 Å². The Hall–Kier alpha value is -3.67. The molecule has 6 heteroatoms. The third-order valence-corrected chi connectivity index (χ3v) is 4.15.